The predicted molar refractivity (Wildman–Crippen MR) is 88.8 cm³/mol. The van der Waals surface area contributed by atoms with Gasteiger partial charge in [-0.05, 0) is 64.7 Å². The third-order valence-corrected chi connectivity index (χ3v) is 5.51. The molecule has 0 unspecified atom stereocenters. The summed E-state index contributed by atoms with van der Waals surface area (Å²) in [6.07, 6.45) is 0. The first-order chi connectivity index (χ1) is 9.85. The number of rotatable bonds is 4. The molecule has 0 aliphatic rings. The summed E-state index contributed by atoms with van der Waals surface area (Å²) in [7, 11) is -3.66. The van der Waals surface area contributed by atoms with Crippen LogP contribution in [0.5, 0.6) is 0 Å². The van der Waals surface area contributed by atoms with Gasteiger partial charge in [0.05, 0.1) is 10.6 Å². The summed E-state index contributed by atoms with van der Waals surface area (Å²) in [6.45, 7) is 3.98. The van der Waals surface area contributed by atoms with Crippen molar-refractivity contribution in [3.63, 3.8) is 0 Å². The van der Waals surface area contributed by atoms with Crippen molar-refractivity contribution in [1.82, 2.24) is 0 Å². The smallest absolute Gasteiger partial charge is 0.262 e. The van der Waals surface area contributed by atoms with Gasteiger partial charge in [0, 0.05) is 11.0 Å². The molecule has 0 amide bonds. The Balaban J connectivity index is 2.50. The molecule has 0 spiro atoms. The van der Waals surface area contributed by atoms with E-state index in [9.17, 15) is 8.42 Å². The van der Waals surface area contributed by atoms with E-state index in [4.69, 9.17) is 5.73 Å². The first-order valence-electron chi connectivity index (χ1n) is 6.42. The maximum atomic E-state index is 12.6. The number of anilines is 1. The van der Waals surface area contributed by atoms with Crippen LogP contribution in [0.1, 0.15) is 16.7 Å². The average molecular weight is 369 g/mol. The number of nitrogens with one attached hydrogen (secondary N) is 1. The fourth-order valence-corrected chi connectivity index (χ4v) is 4.00. The molecule has 0 atom stereocenters. The Morgan fingerprint density at radius 1 is 1.19 bits per heavy atom. The Morgan fingerprint density at radius 2 is 1.86 bits per heavy atom. The topological polar surface area (TPSA) is 72.2 Å². The lowest BCUT2D eigenvalue weighted by Crippen LogP contribution is -2.16. The minimum Gasteiger partial charge on any atom is -0.326 e. The fraction of sp³-hybridized carbons (Fsp3) is 0.200. The summed E-state index contributed by atoms with van der Waals surface area (Å²) in [6, 6.07) is 10.6. The summed E-state index contributed by atoms with van der Waals surface area (Å²) >= 11 is 3.34. The van der Waals surface area contributed by atoms with E-state index in [1.54, 1.807) is 31.2 Å². The van der Waals surface area contributed by atoms with Gasteiger partial charge in [-0.15, -0.1) is 0 Å². The summed E-state index contributed by atoms with van der Waals surface area (Å²) in [4.78, 5) is 0.263. The van der Waals surface area contributed by atoms with Gasteiger partial charge in [-0.2, -0.15) is 0 Å². The normalized spacial score (nSPS) is 11.4. The highest BCUT2D eigenvalue weighted by atomic mass is 79.9. The van der Waals surface area contributed by atoms with Gasteiger partial charge in [0.25, 0.3) is 10.0 Å². The van der Waals surface area contributed by atoms with Crippen molar-refractivity contribution in [2.24, 2.45) is 5.73 Å². The van der Waals surface area contributed by atoms with Crippen molar-refractivity contribution in [3.05, 3.63) is 57.6 Å². The largest absolute Gasteiger partial charge is 0.326 e. The van der Waals surface area contributed by atoms with Crippen LogP contribution in [0.2, 0.25) is 0 Å². The summed E-state index contributed by atoms with van der Waals surface area (Å²) in [5.74, 6) is 0. The van der Waals surface area contributed by atoms with Gasteiger partial charge in [0.15, 0.2) is 0 Å². The van der Waals surface area contributed by atoms with Gasteiger partial charge in [-0.1, -0.05) is 18.2 Å². The molecule has 0 heterocycles. The minimum absolute atomic E-state index is 0.263. The minimum atomic E-state index is -3.66. The summed E-state index contributed by atoms with van der Waals surface area (Å²) < 4.78 is 28.5. The molecule has 0 fully saturated rings. The monoisotopic (exact) mass is 368 g/mol. The molecule has 2 aromatic rings. The lowest BCUT2D eigenvalue weighted by Gasteiger charge is -2.14. The van der Waals surface area contributed by atoms with Gasteiger partial charge in [0.1, 0.15) is 0 Å². The first-order valence-corrected chi connectivity index (χ1v) is 8.70. The number of hydrogen-bond donors (Lipinski definition) is 2. The molecule has 0 aromatic heterocycles. The van der Waals surface area contributed by atoms with Crippen LogP contribution in [0.25, 0.3) is 0 Å². The molecule has 4 nitrogen and oxygen atoms in total. The predicted octanol–water partition coefficient (Wildman–Crippen LogP) is 3.33. The van der Waals surface area contributed by atoms with Crippen molar-refractivity contribution >= 4 is 31.6 Å². The number of benzene rings is 2. The molecular formula is C15H17BrN2O2S. The van der Waals surface area contributed by atoms with Gasteiger partial charge < -0.3 is 5.73 Å². The molecule has 2 rings (SSSR count). The van der Waals surface area contributed by atoms with Gasteiger partial charge >= 0.3 is 0 Å². The van der Waals surface area contributed by atoms with Crippen LogP contribution in [-0.2, 0) is 16.6 Å². The summed E-state index contributed by atoms with van der Waals surface area (Å²) in [5, 5.41) is 0. The van der Waals surface area contributed by atoms with Gasteiger partial charge in [-0.3, -0.25) is 4.72 Å². The second-order valence-electron chi connectivity index (χ2n) is 4.83. The lowest BCUT2D eigenvalue weighted by atomic mass is 10.1. The average Bonchev–Trinajstić information content (AvgIpc) is 2.43. The molecule has 6 heteroatoms. The maximum absolute atomic E-state index is 12.6. The van der Waals surface area contributed by atoms with Crippen molar-refractivity contribution in [2.75, 3.05) is 4.72 Å². The third kappa shape index (κ3) is 3.45. The number of nitrogens with two attached hydrogens (primary N) is 1. The van der Waals surface area contributed by atoms with E-state index in [-0.39, 0.29) is 4.90 Å². The van der Waals surface area contributed by atoms with Crippen LogP contribution in [-0.4, -0.2) is 8.42 Å². The van der Waals surface area contributed by atoms with Crippen molar-refractivity contribution < 1.29 is 8.42 Å². The number of halogens is 1. The first kappa shape index (κ1) is 16.0. The Kier molecular flexibility index (Phi) is 4.70. The molecule has 3 N–H and O–H groups in total. The van der Waals surface area contributed by atoms with E-state index >= 15 is 0 Å². The highest BCUT2D eigenvalue weighted by molar-refractivity contribution is 9.10. The van der Waals surface area contributed by atoms with Crippen LogP contribution >= 0.6 is 15.9 Å². The molecule has 0 aliphatic heterocycles. The zero-order valence-electron chi connectivity index (χ0n) is 11.9. The van der Waals surface area contributed by atoms with Crippen LogP contribution in [0.4, 0.5) is 5.69 Å². The summed E-state index contributed by atoms with van der Waals surface area (Å²) in [5.41, 5.74) is 8.58. The Labute approximate surface area is 133 Å². The Hall–Kier alpha value is -1.37. The molecule has 21 heavy (non-hydrogen) atoms. The van der Waals surface area contributed by atoms with E-state index in [2.05, 4.69) is 20.7 Å². The SMILES string of the molecule is Cc1cc(CN)cc(S(=O)(=O)Nc2ccccc2Br)c1C. The van der Waals surface area contributed by atoms with Crippen molar-refractivity contribution in [2.45, 2.75) is 25.3 Å². The molecule has 0 aliphatic carbocycles. The molecule has 112 valence electrons. The zero-order valence-corrected chi connectivity index (χ0v) is 14.3. The van der Waals surface area contributed by atoms with E-state index in [0.29, 0.717) is 16.7 Å². The molecule has 0 bridgehead atoms. The molecule has 0 radical (unpaired) electrons. The zero-order chi connectivity index (χ0) is 15.6. The molecule has 0 saturated carbocycles. The van der Waals surface area contributed by atoms with Crippen molar-refractivity contribution in [1.29, 1.82) is 0 Å². The number of sulfonamides is 1. The van der Waals surface area contributed by atoms with Gasteiger partial charge in [-0.25, -0.2) is 8.42 Å². The molecule has 0 saturated heterocycles. The van der Waals surface area contributed by atoms with E-state index in [1.165, 1.54) is 0 Å². The molecule has 2 aromatic carbocycles. The second kappa shape index (κ2) is 6.17. The molecular weight excluding hydrogens is 352 g/mol. The second-order valence-corrected chi connectivity index (χ2v) is 7.33. The standard InChI is InChI=1S/C15H17BrN2O2S/c1-10-7-12(9-17)8-15(11(10)2)21(19,20)18-14-6-4-3-5-13(14)16/h3-8,18H,9,17H2,1-2H3. The highest BCUT2D eigenvalue weighted by Gasteiger charge is 2.19. The number of para-hydroxylation sites is 1. The number of aryl methyl sites for hydroxylation is 1. The Bertz CT molecular complexity index is 773. The Morgan fingerprint density at radius 3 is 2.48 bits per heavy atom. The van der Waals surface area contributed by atoms with Gasteiger partial charge in [0.2, 0.25) is 0 Å². The fourth-order valence-electron chi connectivity index (χ4n) is 2.04. The number of hydrogen-bond acceptors (Lipinski definition) is 3. The van der Waals surface area contributed by atoms with Crippen LogP contribution < -0.4 is 10.5 Å². The van der Waals surface area contributed by atoms with E-state index in [1.807, 2.05) is 19.1 Å². The van der Waals surface area contributed by atoms with Crippen molar-refractivity contribution in [3.8, 4) is 0 Å². The lowest BCUT2D eigenvalue weighted by molar-refractivity contribution is 0.600. The van der Waals surface area contributed by atoms with Crippen LogP contribution in [0.15, 0.2) is 45.8 Å². The quantitative estimate of drug-likeness (QED) is 0.869. The van der Waals surface area contributed by atoms with Crippen LogP contribution in [0, 0.1) is 13.8 Å². The highest BCUT2D eigenvalue weighted by Crippen LogP contribution is 2.27. The van der Waals surface area contributed by atoms with E-state index in [0.717, 1.165) is 16.7 Å². The van der Waals surface area contributed by atoms with Crippen LogP contribution in [0.3, 0.4) is 0 Å². The maximum Gasteiger partial charge on any atom is 0.262 e. The van der Waals surface area contributed by atoms with E-state index < -0.39 is 10.0 Å². The third-order valence-electron chi connectivity index (χ3n) is 3.32.